The van der Waals surface area contributed by atoms with E-state index < -0.39 is 23.9 Å². The zero-order chi connectivity index (χ0) is 16.2. The maximum Gasteiger partial charge on any atom is 0.494 e. The summed E-state index contributed by atoms with van der Waals surface area (Å²) in [5.41, 5.74) is -0.155. The molecule has 2 aliphatic rings. The molecule has 2 heterocycles. The van der Waals surface area contributed by atoms with Crippen molar-refractivity contribution in [2.45, 2.75) is 44.5 Å². The van der Waals surface area contributed by atoms with Gasteiger partial charge in [0.2, 0.25) is 0 Å². The average molecular weight is 306 g/mol. The third-order valence-corrected chi connectivity index (χ3v) is 4.91. The van der Waals surface area contributed by atoms with Crippen molar-refractivity contribution in [3.63, 3.8) is 0 Å². The molecule has 0 radical (unpaired) electrons. The van der Waals surface area contributed by atoms with Gasteiger partial charge in [-0.15, -0.1) is 0 Å². The molecule has 22 heavy (non-hydrogen) atoms. The quantitative estimate of drug-likeness (QED) is 0.851. The molecule has 0 saturated carbocycles. The van der Waals surface area contributed by atoms with Crippen LogP contribution in [0.25, 0.3) is 0 Å². The Labute approximate surface area is 131 Å². The molecule has 2 fully saturated rings. The zero-order valence-electron chi connectivity index (χ0n) is 13.8. The fraction of sp³-hybridized carbons (Fsp3) is 0.625. The Bertz CT molecular complexity index is 564. The van der Waals surface area contributed by atoms with Crippen molar-refractivity contribution in [1.82, 2.24) is 0 Å². The van der Waals surface area contributed by atoms with Gasteiger partial charge in [0.15, 0.2) is 0 Å². The van der Waals surface area contributed by atoms with E-state index in [1.165, 1.54) is 0 Å². The van der Waals surface area contributed by atoms with Crippen molar-refractivity contribution >= 4 is 12.6 Å². The first-order valence-electron chi connectivity index (χ1n) is 7.52. The van der Waals surface area contributed by atoms with Gasteiger partial charge >= 0.3 is 7.12 Å². The standard InChI is InChI=1S/C16H23BO5/c1-14(2)15(3,4)22-17(21-14)12-6-11(7-13(8-12)19-5)16(18)9-20-10-16/h6-8,18H,9-10H2,1-5H3. The number of methoxy groups -OCH3 is 1. The van der Waals surface area contributed by atoms with Crippen molar-refractivity contribution < 1.29 is 23.9 Å². The van der Waals surface area contributed by atoms with Gasteiger partial charge in [0.05, 0.1) is 31.5 Å². The largest absolute Gasteiger partial charge is 0.497 e. The molecular weight excluding hydrogens is 283 g/mol. The fourth-order valence-corrected chi connectivity index (χ4v) is 2.59. The molecule has 0 spiro atoms. The van der Waals surface area contributed by atoms with E-state index in [2.05, 4.69) is 0 Å². The summed E-state index contributed by atoms with van der Waals surface area (Å²) >= 11 is 0. The van der Waals surface area contributed by atoms with E-state index in [1.54, 1.807) is 7.11 Å². The van der Waals surface area contributed by atoms with Gasteiger partial charge in [-0.3, -0.25) is 0 Å². The highest BCUT2D eigenvalue weighted by Gasteiger charge is 2.52. The van der Waals surface area contributed by atoms with Crippen LogP contribution in [0.2, 0.25) is 0 Å². The summed E-state index contributed by atoms with van der Waals surface area (Å²) in [6, 6.07) is 5.62. The Hall–Kier alpha value is -1.08. The molecule has 2 aliphatic heterocycles. The molecular formula is C16H23BO5. The number of rotatable bonds is 3. The topological polar surface area (TPSA) is 57.2 Å². The molecule has 0 bridgehead atoms. The SMILES string of the molecule is COc1cc(B2OC(C)(C)C(C)(C)O2)cc(C2(O)COC2)c1. The Morgan fingerprint density at radius 2 is 1.64 bits per heavy atom. The molecule has 5 nitrogen and oxygen atoms in total. The van der Waals surface area contributed by atoms with Gasteiger partial charge in [0.25, 0.3) is 0 Å². The summed E-state index contributed by atoms with van der Waals surface area (Å²) in [5, 5.41) is 10.5. The minimum absolute atomic E-state index is 0.295. The Kier molecular flexibility index (Phi) is 3.56. The van der Waals surface area contributed by atoms with Crippen molar-refractivity contribution in [1.29, 1.82) is 0 Å². The van der Waals surface area contributed by atoms with Crippen LogP contribution in [-0.2, 0) is 19.6 Å². The Morgan fingerprint density at radius 3 is 2.09 bits per heavy atom. The summed E-state index contributed by atoms with van der Waals surface area (Å²) in [6.07, 6.45) is 0. The van der Waals surface area contributed by atoms with E-state index in [9.17, 15) is 5.11 Å². The van der Waals surface area contributed by atoms with Crippen LogP contribution in [-0.4, -0.2) is 43.8 Å². The van der Waals surface area contributed by atoms with Gasteiger partial charge in [-0.1, -0.05) is 6.07 Å². The van der Waals surface area contributed by atoms with Gasteiger partial charge in [-0.05, 0) is 50.9 Å². The number of hydrogen-bond donors (Lipinski definition) is 1. The lowest BCUT2D eigenvalue weighted by molar-refractivity contribution is -0.184. The summed E-state index contributed by atoms with van der Waals surface area (Å²) in [6.45, 7) is 8.65. The van der Waals surface area contributed by atoms with E-state index in [0.717, 1.165) is 11.0 Å². The summed E-state index contributed by atoms with van der Waals surface area (Å²) in [5.74, 6) is 0.669. The Morgan fingerprint density at radius 1 is 1.05 bits per heavy atom. The van der Waals surface area contributed by atoms with Gasteiger partial charge in [0, 0.05) is 0 Å². The van der Waals surface area contributed by atoms with Gasteiger partial charge < -0.3 is 23.9 Å². The molecule has 0 aromatic heterocycles. The van der Waals surface area contributed by atoms with Crippen LogP contribution in [0.4, 0.5) is 0 Å². The first-order valence-corrected chi connectivity index (χ1v) is 7.52. The second kappa shape index (κ2) is 4.96. The van der Waals surface area contributed by atoms with Crippen molar-refractivity contribution in [3.05, 3.63) is 23.8 Å². The second-order valence-electron chi connectivity index (χ2n) is 7.11. The molecule has 1 N–H and O–H groups in total. The lowest BCUT2D eigenvalue weighted by atomic mass is 9.76. The highest BCUT2D eigenvalue weighted by atomic mass is 16.7. The van der Waals surface area contributed by atoms with Crippen molar-refractivity contribution in [2.75, 3.05) is 20.3 Å². The highest BCUT2D eigenvalue weighted by Crippen LogP contribution is 2.37. The minimum atomic E-state index is -0.951. The van der Waals surface area contributed by atoms with Crippen LogP contribution in [0.5, 0.6) is 5.75 Å². The maximum absolute atomic E-state index is 10.5. The third-order valence-electron chi connectivity index (χ3n) is 4.91. The average Bonchev–Trinajstić information content (AvgIpc) is 2.64. The van der Waals surface area contributed by atoms with Crippen LogP contribution >= 0.6 is 0 Å². The maximum atomic E-state index is 10.5. The molecule has 0 atom stereocenters. The minimum Gasteiger partial charge on any atom is -0.497 e. The molecule has 0 unspecified atom stereocenters. The van der Waals surface area contributed by atoms with Crippen LogP contribution in [0.3, 0.4) is 0 Å². The van der Waals surface area contributed by atoms with Crippen molar-refractivity contribution in [2.24, 2.45) is 0 Å². The second-order valence-corrected chi connectivity index (χ2v) is 7.11. The van der Waals surface area contributed by atoms with Crippen LogP contribution in [0.1, 0.15) is 33.3 Å². The van der Waals surface area contributed by atoms with Gasteiger partial charge in [-0.25, -0.2) is 0 Å². The smallest absolute Gasteiger partial charge is 0.494 e. The number of benzene rings is 1. The first-order chi connectivity index (χ1) is 10.2. The normalized spacial score (nSPS) is 24.9. The predicted octanol–water partition coefficient (Wildman–Crippen LogP) is 1.21. The number of aliphatic hydroxyl groups is 1. The molecule has 0 aliphatic carbocycles. The third kappa shape index (κ3) is 2.44. The van der Waals surface area contributed by atoms with Gasteiger partial charge in [0.1, 0.15) is 11.4 Å². The molecule has 2 saturated heterocycles. The van der Waals surface area contributed by atoms with E-state index in [1.807, 2.05) is 45.9 Å². The summed E-state index contributed by atoms with van der Waals surface area (Å²) in [7, 11) is 1.12. The molecule has 6 heteroatoms. The van der Waals surface area contributed by atoms with E-state index in [-0.39, 0.29) is 0 Å². The van der Waals surface area contributed by atoms with Crippen LogP contribution in [0, 0.1) is 0 Å². The highest BCUT2D eigenvalue weighted by molar-refractivity contribution is 6.62. The summed E-state index contributed by atoms with van der Waals surface area (Å²) < 4.78 is 22.7. The van der Waals surface area contributed by atoms with Crippen LogP contribution in [0.15, 0.2) is 18.2 Å². The lowest BCUT2D eigenvalue weighted by Gasteiger charge is -2.37. The van der Waals surface area contributed by atoms with Crippen LogP contribution < -0.4 is 10.2 Å². The predicted molar refractivity (Wildman–Crippen MR) is 83.4 cm³/mol. The van der Waals surface area contributed by atoms with Gasteiger partial charge in [-0.2, -0.15) is 0 Å². The lowest BCUT2D eigenvalue weighted by Crippen LogP contribution is -2.47. The van der Waals surface area contributed by atoms with E-state index in [4.69, 9.17) is 18.8 Å². The molecule has 0 amide bonds. The Balaban J connectivity index is 1.96. The monoisotopic (exact) mass is 306 g/mol. The first kappa shape index (κ1) is 15.8. The molecule has 1 aromatic carbocycles. The fourth-order valence-electron chi connectivity index (χ4n) is 2.59. The molecule has 1 aromatic rings. The number of ether oxygens (including phenoxy) is 2. The van der Waals surface area contributed by atoms with E-state index in [0.29, 0.717) is 19.0 Å². The number of hydrogen-bond acceptors (Lipinski definition) is 5. The zero-order valence-corrected chi connectivity index (χ0v) is 13.8. The van der Waals surface area contributed by atoms with E-state index >= 15 is 0 Å². The molecule has 120 valence electrons. The van der Waals surface area contributed by atoms with Crippen molar-refractivity contribution in [3.8, 4) is 5.75 Å². The summed E-state index contributed by atoms with van der Waals surface area (Å²) in [4.78, 5) is 0. The molecule has 3 rings (SSSR count).